The van der Waals surface area contributed by atoms with E-state index in [0.29, 0.717) is 25.2 Å². The molecule has 1 atom stereocenters. The van der Waals surface area contributed by atoms with Gasteiger partial charge >= 0.3 is 0 Å². The Morgan fingerprint density at radius 2 is 1.92 bits per heavy atom. The molecule has 132 valence electrons. The van der Waals surface area contributed by atoms with Crippen LogP contribution in [0.15, 0.2) is 48.5 Å². The summed E-state index contributed by atoms with van der Waals surface area (Å²) in [4.78, 5) is 15.4. The number of para-hydroxylation sites is 1. The number of aromatic hydroxyl groups is 1. The number of nitrogens with two attached hydrogens (primary N) is 1. The molecule has 1 heterocycles. The molecule has 25 heavy (non-hydrogen) atoms. The number of carbonyl (C=O) groups excluding carboxylic acids is 1. The Hall–Kier alpha value is -2.76. The molecule has 2 aromatic rings. The zero-order valence-corrected chi connectivity index (χ0v) is 13.9. The van der Waals surface area contributed by atoms with E-state index < -0.39 is 5.82 Å². The Kier molecular flexibility index (Phi) is 5.07. The molecule has 1 aliphatic rings. The SMILES string of the molecule is NC(=O)CCC1CN(c2ccccc2)CCN1c1cccc(O)c1F. The van der Waals surface area contributed by atoms with Crippen LogP contribution in [0, 0.1) is 5.82 Å². The van der Waals surface area contributed by atoms with Crippen molar-refractivity contribution in [2.45, 2.75) is 18.9 Å². The first-order valence-electron chi connectivity index (χ1n) is 8.38. The lowest BCUT2D eigenvalue weighted by molar-refractivity contribution is -0.118. The summed E-state index contributed by atoms with van der Waals surface area (Å²) >= 11 is 0. The molecule has 6 heteroatoms. The van der Waals surface area contributed by atoms with E-state index in [1.54, 1.807) is 12.1 Å². The fourth-order valence-electron chi connectivity index (χ4n) is 3.33. The van der Waals surface area contributed by atoms with Crippen LogP contribution < -0.4 is 15.5 Å². The van der Waals surface area contributed by atoms with Crippen LogP contribution >= 0.6 is 0 Å². The zero-order chi connectivity index (χ0) is 17.8. The van der Waals surface area contributed by atoms with Crippen LogP contribution in [0.25, 0.3) is 0 Å². The van der Waals surface area contributed by atoms with Crippen molar-refractivity contribution in [2.75, 3.05) is 29.4 Å². The lowest BCUT2D eigenvalue weighted by Crippen LogP contribution is -2.54. The number of anilines is 2. The predicted octanol–water partition coefficient (Wildman–Crippen LogP) is 2.49. The van der Waals surface area contributed by atoms with Crippen molar-refractivity contribution in [2.24, 2.45) is 5.73 Å². The van der Waals surface area contributed by atoms with E-state index in [1.807, 2.05) is 35.2 Å². The Morgan fingerprint density at radius 3 is 2.64 bits per heavy atom. The van der Waals surface area contributed by atoms with Crippen molar-refractivity contribution in [3.63, 3.8) is 0 Å². The first kappa shape index (κ1) is 17.1. The average molecular weight is 343 g/mol. The molecular formula is C19H22FN3O2. The number of hydrogen-bond donors (Lipinski definition) is 2. The third kappa shape index (κ3) is 3.84. The van der Waals surface area contributed by atoms with E-state index in [0.717, 1.165) is 12.2 Å². The largest absolute Gasteiger partial charge is 0.505 e. The van der Waals surface area contributed by atoms with Crippen LogP contribution in [0.1, 0.15) is 12.8 Å². The minimum atomic E-state index is -0.625. The highest BCUT2D eigenvalue weighted by Crippen LogP contribution is 2.31. The Balaban J connectivity index is 1.85. The summed E-state index contributed by atoms with van der Waals surface area (Å²) in [6.45, 7) is 1.98. The Bertz CT molecular complexity index is 739. The zero-order valence-electron chi connectivity index (χ0n) is 13.9. The number of amides is 1. The van der Waals surface area contributed by atoms with Crippen LogP contribution in [0.5, 0.6) is 5.75 Å². The van der Waals surface area contributed by atoms with E-state index in [-0.39, 0.29) is 24.1 Å². The normalized spacial score (nSPS) is 17.6. The highest BCUT2D eigenvalue weighted by Gasteiger charge is 2.29. The summed E-state index contributed by atoms with van der Waals surface area (Å²) in [6.07, 6.45) is 0.776. The second kappa shape index (κ2) is 7.42. The van der Waals surface area contributed by atoms with Crippen LogP contribution in [-0.2, 0) is 4.79 Å². The highest BCUT2D eigenvalue weighted by atomic mass is 19.1. The smallest absolute Gasteiger partial charge is 0.217 e. The number of carbonyl (C=O) groups is 1. The number of phenolic OH excluding ortho intramolecular Hbond substituents is 1. The molecular weight excluding hydrogens is 321 g/mol. The van der Waals surface area contributed by atoms with Crippen LogP contribution in [0.4, 0.5) is 15.8 Å². The van der Waals surface area contributed by atoms with E-state index >= 15 is 0 Å². The molecule has 1 amide bonds. The molecule has 1 unspecified atom stereocenters. The lowest BCUT2D eigenvalue weighted by Gasteiger charge is -2.44. The van der Waals surface area contributed by atoms with Gasteiger partial charge in [0.25, 0.3) is 0 Å². The van der Waals surface area contributed by atoms with Crippen molar-refractivity contribution in [1.82, 2.24) is 0 Å². The predicted molar refractivity (Wildman–Crippen MR) is 96.3 cm³/mol. The molecule has 1 fully saturated rings. The summed E-state index contributed by atoms with van der Waals surface area (Å²) in [5.74, 6) is -1.36. The molecule has 3 rings (SSSR count). The summed E-state index contributed by atoms with van der Waals surface area (Å²) in [5.41, 5.74) is 6.77. The molecule has 0 aromatic heterocycles. The van der Waals surface area contributed by atoms with Gasteiger partial charge in [0.1, 0.15) is 0 Å². The van der Waals surface area contributed by atoms with Crippen molar-refractivity contribution in [1.29, 1.82) is 0 Å². The quantitative estimate of drug-likeness (QED) is 0.875. The van der Waals surface area contributed by atoms with Crippen molar-refractivity contribution in [3.8, 4) is 5.75 Å². The van der Waals surface area contributed by atoms with E-state index in [2.05, 4.69) is 4.90 Å². The molecule has 3 N–H and O–H groups in total. The van der Waals surface area contributed by atoms with Crippen molar-refractivity contribution < 1.29 is 14.3 Å². The third-order valence-electron chi connectivity index (χ3n) is 4.60. The summed E-state index contributed by atoms with van der Waals surface area (Å²) in [6, 6.07) is 14.5. The molecule has 1 aliphatic heterocycles. The van der Waals surface area contributed by atoms with Crippen LogP contribution in [-0.4, -0.2) is 36.7 Å². The highest BCUT2D eigenvalue weighted by molar-refractivity contribution is 5.73. The molecule has 1 saturated heterocycles. The summed E-state index contributed by atoms with van der Waals surface area (Å²) in [5, 5.41) is 9.68. The van der Waals surface area contributed by atoms with Gasteiger partial charge in [0.15, 0.2) is 11.6 Å². The van der Waals surface area contributed by atoms with Gasteiger partial charge in [-0.05, 0) is 30.7 Å². The number of benzene rings is 2. The van der Waals surface area contributed by atoms with Gasteiger partial charge in [-0.15, -0.1) is 0 Å². The molecule has 0 bridgehead atoms. The number of primary amides is 1. The van der Waals surface area contributed by atoms with Crippen LogP contribution in [0.2, 0.25) is 0 Å². The summed E-state index contributed by atoms with van der Waals surface area (Å²) < 4.78 is 14.4. The van der Waals surface area contributed by atoms with Gasteiger partial charge in [0.05, 0.1) is 5.69 Å². The van der Waals surface area contributed by atoms with Gasteiger partial charge in [-0.3, -0.25) is 4.79 Å². The maximum atomic E-state index is 14.4. The number of rotatable bonds is 5. The molecule has 5 nitrogen and oxygen atoms in total. The summed E-state index contributed by atoms with van der Waals surface area (Å²) in [7, 11) is 0. The fourth-order valence-corrected chi connectivity index (χ4v) is 3.33. The number of phenols is 1. The maximum Gasteiger partial charge on any atom is 0.217 e. The number of hydrogen-bond acceptors (Lipinski definition) is 4. The van der Waals surface area contributed by atoms with Gasteiger partial charge in [-0.2, -0.15) is 0 Å². The first-order chi connectivity index (χ1) is 12.1. The van der Waals surface area contributed by atoms with Gasteiger partial charge in [-0.1, -0.05) is 24.3 Å². The minimum absolute atomic E-state index is 0.0715. The third-order valence-corrected chi connectivity index (χ3v) is 4.60. The number of piperazine rings is 1. The topological polar surface area (TPSA) is 69.8 Å². The van der Waals surface area contributed by atoms with E-state index in [9.17, 15) is 14.3 Å². The van der Waals surface area contributed by atoms with E-state index in [1.165, 1.54) is 6.07 Å². The second-order valence-electron chi connectivity index (χ2n) is 6.24. The van der Waals surface area contributed by atoms with Gasteiger partial charge in [0, 0.05) is 37.8 Å². The fraction of sp³-hybridized carbons (Fsp3) is 0.316. The van der Waals surface area contributed by atoms with Crippen molar-refractivity contribution >= 4 is 17.3 Å². The van der Waals surface area contributed by atoms with Gasteiger partial charge < -0.3 is 20.6 Å². The monoisotopic (exact) mass is 343 g/mol. The maximum absolute atomic E-state index is 14.4. The number of halogens is 1. The van der Waals surface area contributed by atoms with E-state index in [4.69, 9.17) is 5.73 Å². The van der Waals surface area contributed by atoms with Gasteiger partial charge in [0.2, 0.25) is 5.91 Å². The Morgan fingerprint density at radius 1 is 1.16 bits per heavy atom. The first-order valence-corrected chi connectivity index (χ1v) is 8.38. The second-order valence-corrected chi connectivity index (χ2v) is 6.24. The van der Waals surface area contributed by atoms with Crippen molar-refractivity contribution in [3.05, 3.63) is 54.3 Å². The molecule has 2 aromatic carbocycles. The molecule has 0 aliphatic carbocycles. The number of nitrogens with zero attached hydrogens (tertiary/aromatic N) is 2. The average Bonchev–Trinajstić information content (AvgIpc) is 2.63. The molecule has 0 radical (unpaired) electrons. The lowest BCUT2D eigenvalue weighted by atomic mass is 10.0. The molecule has 0 saturated carbocycles. The Labute approximate surface area is 146 Å². The standard InChI is InChI=1S/C19H22FN3O2/c20-19-16(7-4-8-17(19)24)23-12-11-22(14-5-2-1-3-6-14)13-15(23)9-10-18(21)25/h1-8,15,24H,9-13H2,(H2,21,25). The molecule has 0 spiro atoms. The minimum Gasteiger partial charge on any atom is -0.505 e. The van der Waals surface area contributed by atoms with Gasteiger partial charge in [-0.25, -0.2) is 4.39 Å². The van der Waals surface area contributed by atoms with Crippen LogP contribution in [0.3, 0.4) is 0 Å².